The molecule has 1 saturated carbocycles. The predicted molar refractivity (Wildman–Crippen MR) is 75.5 cm³/mol. The second kappa shape index (κ2) is 6.35. The van der Waals surface area contributed by atoms with Gasteiger partial charge in [0.05, 0.1) is 6.10 Å². The van der Waals surface area contributed by atoms with Gasteiger partial charge in [0.15, 0.2) is 0 Å². The minimum Gasteiger partial charge on any atom is -0.372 e. The molecule has 0 amide bonds. The van der Waals surface area contributed by atoms with Gasteiger partial charge in [0.25, 0.3) is 0 Å². The van der Waals surface area contributed by atoms with Crippen LogP contribution >= 0.6 is 0 Å². The SMILES string of the molecule is CCC(N)C(OCCC1CC1)c1ccccc1C. The van der Waals surface area contributed by atoms with E-state index in [1.54, 1.807) is 0 Å². The average molecular weight is 247 g/mol. The van der Waals surface area contributed by atoms with Crippen molar-refractivity contribution in [3.05, 3.63) is 35.4 Å². The Morgan fingerprint density at radius 3 is 2.67 bits per heavy atom. The van der Waals surface area contributed by atoms with Crippen molar-refractivity contribution in [1.82, 2.24) is 0 Å². The number of aryl methyl sites for hydroxylation is 1. The molecule has 18 heavy (non-hydrogen) atoms. The molecule has 0 aromatic heterocycles. The lowest BCUT2D eigenvalue weighted by molar-refractivity contribution is 0.0296. The molecule has 1 aliphatic carbocycles. The molecule has 1 aliphatic rings. The normalized spacial score (nSPS) is 18.6. The summed E-state index contributed by atoms with van der Waals surface area (Å²) in [6.45, 7) is 5.10. The highest BCUT2D eigenvalue weighted by Crippen LogP contribution is 2.33. The molecule has 0 spiro atoms. The standard InChI is InChI=1S/C16H25NO/c1-3-15(17)16(18-11-10-13-8-9-13)14-7-5-4-6-12(14)2/h4-7,13,15-16H,3,8-11,17H2,1-2H3. The second-order valence-corrected chi connectivity index (χ2v) is 5.45. The summed E-state index contributed by atoms with van der Waals surface area (Å²) in [4.78, 5) is 0. The number of nitrogens with two attached hydrogens (primary N) is 1. The highest BCUT2D eigenvalue weighted by molar-refractivity contribution is 5.28. The summed E-state index contributed by atoms with van der Waals surface area (Å²) >= 11 is 0. The first-order valence-corrected chi connectivity index (χ1v) is 7.15. The summed E-state index contributed by atoms with van der Waals surface area (Å²) in [5.41, 5.74) is 8.75. The summed E-state index contributed by atoms with van der Waals surface area (Å²) in [5.74, 6) is 0.917. The van der Waals surface area contributed by atoms with Crippen LogP contribution in [0.4, 0.5) is 0 Å². The van der Waals surface area contributed by atoms with Crippen LogP contribution in [-0.2, 0) is 4.74 Å². The van der Waals surface area contributed by atoms with Gasteiger partial charge in [-0.3, -0.25) is 0 Å². The number of hydrogen-bond donors (Lipinski definition) is 1. The van der Waals surface area contributed by atoms with Crippen molar-refractivity contribution in [1.29, 1.82) is 0 Å². The fraction of sp³-hybridized carbons (Fsp3) is 0.625. The molecule has 2 rings (SSSR count). The van der Waals surface area contributed by atoms with Crippen molar-refractivity contribution in [2.45, 2.75) is 51.7 Å². The predicted octanol–water partition coefficient (Wildman–Crippen LogP) is 3.59. The van der Waals surface area contributed by atoms with Crippen molar-refractivity contribution in [3.8, 4) is 0 Å². The first-order valence-electron chi connectivity index (χ1n) is 7.15. The van der Waals surface area contributed by atoms with Crippen LogP contribution in [0.2, 0.25) is 0 Å². The van der Waals surface area contributed by atoms with E-state index in [1.165, 1.54) is 30.4 Å². The molecule has 2 unspecified atom stereocenters. The molecule has 1 fully saturated rings. The maximum atomic E-state index is 6.23. The van der Waals surface area contributed by atoms with Gasteiger partial charge < -0.3 is 10.5 Å². The van der Waals surface area contributed by atoms with E-state index in [4.69, 9.17) is 10.5 Å². The lowest BCUT2D eigenvalue weighted by atomic mass is 9.97. The first-order chi connectivity index (χ1) is 8.72. The van der Waals surface area contributed by atoms with Gasteiger partial charge in [-0.25, -0.2) is 0 Å². The Bertz CT molecular complexity index is 373. The average Bonchev–Trinajstić information content (AvgIpc) is 3.19. The minimum absolute atomic E-state index is 0.0509. The Morgan fingerprint density at radius 2 is 2.06 bits per heavy atom. The van der Waals surface area contributed by atoms with Crippen LogP contribution in [0.25, 0.3) is 0 Å². The van der Waals surface area contributed by atoms with Gasteiger partial charge in [-0.05, 0) is 36.8 Å². The summed E-state index contributed by atoms with van der Waals surface area (Å²) in [6.07, 6.45) is 4.97. The molecule has 0 radical (unpaired) electrons. The molecular weight excluding hydrogens is 222 g/mol. The second-order valence-electron chi connectivity index (χ2n) is 5.45. The van der Waals surface area contributed by atoms with Crippen LogP contribution in [0.5, 0.6) is 0 Å². The zero-order chi connectivity index (χ0) is 13.0. The van der Waals surface area contributed by atoms with Crippen LogP contribution in [0.15, 0.2) is 24.3 Å². The van der Waals surface area contributed by atoms with Crippen LogP contribution in [0, 0.1) is 12.8 Å². The van der Waals surface area contributed by atoms with Crippen LogP contribution in [-0.4, -0.2) is 12.6 Å². The van der Waals surface area contributed by atoms with Crippen molar-refractivity contribution >= 4 is 0 Å². The zero-order valence-electron chi connectivity index (χ0n) is 11.6. The number of rotatable bonds is 7. The monoisotopic (exact) mass is 247 g/mol. The minimum atomic E-state index is 0.0509. The summed E-state index contributed by atoms with van der Waals surface area (Å²) in [7, 11) is 0. The number of ether oxygens (including phenoxy) is 1. The highest BCUT2D eigenvalue weighted by Gasteiger charge is 2.24. The van der Waals surface area contributed by atoms with E-state index < -0.39 is 0 Å². The van der Waals surface area contributed by atoms with Gasteiger partial charge in [-0.2, -0.15) is 0 Å². The van der Waals surface area contributed by atoms with Crippen LogP contribution in [0.1, 0.15) is 49.8 Å². The van der Waals surface area contributed by atoms with Gasteiger partial charge in [0, 0.05) is 12.6 Å². The van der Waals surface area contributed by atoms with Gasteiger partial charge >= 0.3 is 0 Å². The lowest BCUT2D eigenvalue weighted by Gasteiger charge is -2.25. The Morgan fingerprint density at radius 1 is 1.33 bits per heavy atom. The molecule has 1 aromatic carbocycles. The Balaban J connectivity index is 2.01. The molecule has 2 heteroatoms. The van der Waals surface area contributed by atoms with Crippen molar-refractivity contribution in [3.63, 3.8) is 0 Å². The Labute approximate surface area is 111 Å². The van der Waals surface area contributed by atoms with E-state index in [2.05, 4.69) is 38.1 Å². The van der Waals surface area contributed by atoms with E-state index >= 15 is 0 Å². The maximum absolute atomic E-state index is 6.23. The maximum Gasteiger partial charge on any atom is 0.0978 e. The van der Waals surface area contributed by atoms with Gasteiger partial charge in [0.1, 0.15) is 0 Å². The van der Waals surface area contributed by atoms with Gasteiger partial charge in [-0.15, -0.1) is 0 Å². The highest BCUT2D eigenvalue weighted by atomic mass is 16.5. The zero-order valence-corrected chi connectivity index (χ0v) is 11.6. The number of benzene rings is 1. The smallest absolute Gasteiger partial charge is 0.0978 e. The lowest BCUT2D eigenvalue weighted by Crippen LogP contribution is -2.30. The molecular formula is C16H25NO. The fourth-order valence-corrected chi connectivity index (χ4v) is 2.33. The summed E-state index contributed by atoms with van der Waals surface area (Å²) < 4.78 is 6.09. The third kappa shape index (κ3) is 3.56. The molecule has 0 heterocycles. The van der Waals surface area contributed by atoms with Gasteiger partial charge in [-0.1, -0.05) is 44.0 Å². The molecule has 0 aliphatic heterocycles. The van der Waals surface area contributed by atoms with Crippen molar-refractivity contribution in [2.75, 3.05) is 6.61 Å². The van der Waals surface area contributed by atoms with E-state index in [9.17, 15) is 0 Å². The molecule has 2 atom stereocenters. The molecule has 1 aromatic rings. The molecule has 100 valence electrons. The van der Waals surface area contributed by atoms with E-state index in [-0.39, 0.29) is 12.1 Å². The molecule has 2 N–H and O–H groups in total. The van der Waals surface area contributed by atoms with E-state index in [1.807, 2.05) is 0 Å². The van der Waals surface area contributed by atoms with E-state index in [0.29, 0.717) is 0 Å². The van der Waals surface area contributed by atoms with Gasteiger partial charge in [0.2, 0.25) is 0 Å². The fourth-order valence-electron chi connectivity index (χ4n) is 2.33. The Kier molecular flexibility index (Phi) is 4.79. The largest absolute Gasteiger partial charge is 0.372 e. The quantitative estimate of drug-likeness (QED) is 0.799. The first kappa shape index (κ1) is 13.6. The Hall–Kier alpha value is -0.860. The molecule has 0 bridgehead atoms. The molecule has 2 nitrogen and oxygen atoms in total. The van der Waals surface area contributed by atoms with Crippen LogP contribution < -0.4 is 5.73 Å². The molecule has 0 saturated heterocycles. The third-order valence-electron chi connectivity index (χ3n) is 3.88. The van der Waals surface area contributed by atoms with Crippen LogP contribution in [0.3, 0.4) is 0 Å². The van der Waals surface area contributed by atoms with Crippen molar-refractivity contribution < 1.29 is 4.74 Å². The topological polar surface area (TPSA) is 35.2 Å². The van der Waals surface area contributed by atoms with E-state index in [0.717, 1.165) is 18.9 Å². The number of hydrogen-bond acceptors (Lipinski definition) is 2. The third-order valence-corrected chi connectivity index (χ3v) is 3.88. The summed E-state index contributed by atoms with van der Waals surface area (Å²) in [6, 6.07) is 8.51. The van der Waals surface area contributed by atoms with Crippen molar-refractivity contribution in [2.24, 2.45) is 11.7 Å². The summed E-state index contributed by atoms with van der Waals surface area (Å²) in [5, 5.41) is 0.